The molecular weight excluding hydrogens is 445 g/mol. The maximum atomic E-state index is 12.9. The number of aryl methyl sites for hydroxylation is 2. The number of benzene rings is 2. The Morgan fingerprint density at radius 3 is 2.38 bits per heavy atom. The van der Waals surface area contributed by atoms with Crippen molar-refractivity contribution in [3.63, 3.8) is 0 Å². The molecule has 0 aliphatic carbocycles. The fourth-order valence-electron chi connectivity index (χ4n) is 4.08. The zero-order valence-electron chi connectivity index (χ0n) is 19.2. The molecule has 6 nitrogen and oxygen atoms in total. The van der Waals surface area contributed by atoms with Gasteiger partial charge in [0, 0.05) is 38.9 Å². The van der Waals surface area contributed by atoms with E-state index in [0.29, 0.717) is 44.0 Å². The van der Waals surface area contributed by atoms with E-state index in [9.17, 15) is 18.0 Å². The second-order valence-electron chi connectivity index (χ2n) is 8.60. The Morgan fingerprint density at radius 2 is 1.71 bits per heavy atom. The lowest BCUT2D eigenvalue weighted by Gasteiger charge is -2.34. The Bertz CT molecular complexity index is 1130. The summed E-state index contributed by atoms with van der Waals surface area (Å²) in [5, 5.41) is 4.35. The van der Waals surface area contributed by atoms with Crippen LogP contribution in [0, 0.1) is 13.8 Å². The monoisotopic (exact) mass is 472 g/mol. The summed E-state index contributed by atoms with van der Waals surface area (Å²) in [4.78, 5) is 16.6. The van der Waals surface area contributed by atoms with E-state index in [2.05, 4.69) is 16.1 Å². The molecular formula is C25H27F3N4O2. The van der Waals surface area contributed by atoms with Crippen molar-refractivity contribution in [3.8, 4) is 5.75 Å². The molecule has 0 atom stereocenters. The molecule has 1 fully saturated rings. The van der Waals surface area contributed by atoms with E-state index in [1.165, 1.54) is 12.1 Å². The fourth-order valence-corrected chi connectivity index (χ4v) is 4.08. The molecule has 0 spiro atoms. The number of nitrogens with zero attached hydrogens (tertiary/aromatic N) is 4. The van der Waals surface area contributed by atoms with E-state index < -0.39 is 11.7 Å². The lowest BCUT2D eigenvalue weighted by atomic mass is 10.1. The van der Waals surface area contributed by atoms with Gasteiger partial charge in [-0.1, -0.05) is 24.3 Å². The molecule has 1 aliphatic rings. The second kappa shape index (κ2) is 9.89. The van der Waals surface area contributed by atoms with Gasteiger partial charge in [0.2, 0.25) is 0 Å². The first-order valence-corrected chi connectivity index (χ1v) is 11.1. The first-order chi connectivity index (χ1) is 16.2. The number of amides is 1. The molecule has 2 heterocycles. The number of halogens is 3. The molecule has 0 saturated carbocycles. The summed E-state index contributed by atoms with van der Waals surface area (Å²) in [5.41, 5.74) is 2.53. The number of rotatable bonds is 6. The van der Waals surface area contributed by atoms with E-state index >= 15 is 0 Å². The van der Waals surface area contributed by atoms with Crippen LogP contribution in [-0.2, 0) is 19.5 Å². The molecule has 0 unspecified atom stereocenters. The van der Waals surface area contributed by atoms with Crippen LogP contribution < -0.4 is 4.74 Å². The highest BCUT2D eigenvalue weighted by molar-refractivity contribution is 5.92. The Labute approximate surface area is 196 Å². The van der Waals surface area contributed by atoms with Crippen molar-refractivity contribution in [1.82, 2.24) is 19.6 Å². The van der Waals surface area contributed by atoms with Gasteiger partial charge in [0.25, 0.3) is 5.91 Å². The highest BCUT2D eigenvalue weighted by Crippen LogP contribution is 2.29. The van der Waals surface area contributed by atoms with Gasteiger partial charge in [-0.05, 0) is 54.8 Å². The number of piperazine rings is 1. The molecule has 0 N–H and O–H groups in total. The van der Waals surface area contributed by atoms with E-state index in [-0.39, 0.29) is 12.6 Å². The van der Waals surface area contributed by atoms with Crippen molar-refractivity contribution in [3.05, 3.63) is 82.7 Å². The predicted octanol–water partition coefficient (Wildman–Crippen LogP) is 4.51. The fraction of sp³-hybridized carbons (Fsp3) is 0.360. The van der Waals surface area contributed by atoms with E-state index in [1.54, 1.807) is 27.9 Å². The smallest absolute Gasteiger partial charge is 0.416 e. The summed E-state index contributed by atoms with van der Waals surface area (Å²) in [5.74, 6) is 0.585. The SMILES string of the molecule is Cc1cc(C)cc(OCn2ccc(C(=O)N3CCN(Cc4cccc(C(F)(F)F)c4)CC3)n2)c1. The topological polar surface area (TPSA) is 50.6 Å². The van der Waals surface area contributed by atoms with E-state index in [1.807, 2.05) is 26.0 Å². The largest absolute Gasteiger partial charge is 0.471 e. The highest BCUT2D eigenvalue weighted by atomic mass is 19.4. The molecule has 180 valence electrons. The van der Waals surface area contributed by atoms with Crippen LogP contribution in [0.3, 0.4) is 0 Å². The van der Waals surface area contributed by atoms with Gasteiger partial charge < -0.3 is 9.64 Å². The van der Waals surface area contributed by atoms with E-state index in [4.69, 9.17) is 4.74 Å². The number of alkyl halides is 3. The number of carbonyl (C=O) groups excluding carboxylic acids is 1. The minimum Gasteiger partial charge on any atom is -0.471 e. The summed E-state index contributed by atoms with van der Waals surface area (Å²) >= 11 is 0. The van der Waals surface area contributed by atoms with Gasteiger partial charge in [-0.2, -0.15) is 18.3 Å². The molecule has 9 heteroatoms. The van der Waals surface area contributed by atoms with Crippen molar-refractivity contribution < 1.29 is 22.7 Å². The van der Waals surface area contributed by atoms with Crippen LogP contribution in [0.5, 0.6) is 5.75 Å². The summed E-state index contributed by atoms with van der Waals surface area (Å²) in [7, 11) is 0. The lowest BCUT2D eigenvalue weighted by Crippen LogP contribution is -2.48. The average molecular weight is 473 g/mol. The quantitative estimate of drug-likeness (QED) is 0.530. The second-order valence-corrected chi connectivity index (χ2v) is 8.60. The maximum absolute atomic E-state index is 12.9. The van der Waals surface area contributed by atoms with E-state index in [0.717, 1.165) is 22.9 Å². The van der Waals surface area contributed by atoms with Gasteiger partial charge in [-0.15, -0.1) is 0 Å². The van der Waals surface area contributed by atoms with Crippen LogP contribution in [0.1, 0.15) is 32.7 Å². The first-order valence-electron chi connectivity index (χ1n) is 11.1. The minimum absolute atomic E-state index is 0.163. The maximum Gasteiger partial charge on any atom is 0.416 e. The summed E-state index contributed by atoms with van der Waals surface area (Å²) in [6.45, 7) is 6.76. The van der Waals surface area contributed by atoms with Crippen LogP contribution in [0.2, 0.25) is 0 Å². The Kier molecular flexibility index (Phi) is 6.92. The van der Waals surface area contributed by atoms with Crippen LogP contribution >= 0.6 is 0 Å². The molecule has 1 amide bonds. The molecule has 4 rings (SSSR count). The molecule has 1 saturated heterocycles. The van der Waals surface area contributed by atoms with Gasteiger partial charge in [-0.3, -0.25) is 9.69 Å². The number of aromatic nitrogens is 2. The average Bonchev–Trinajstić information content (AvgIpc) is 3.26. The van der Waals surface area contributed by atoms with Crippen molar-refractivity contribution >= 4 is 5.91 Å². The van der Waals surface area contributed by atoms with Crippen LogP contribution in [0.25, 0.3) is 0 Å². The standard InChI is InChI=1S/C25H27F3N4O2/c1-18-12-19(2)14-22(13-18)34-17-32-7-6-23(29-32)24(33)31-10-8-30(9-11-31)16-20-4-3-5-21(15-20)25(26,27)28/h3-7,12-15H,8-11,16-17H2,1-2H3. The number of carbonyl (C=O) groups is 1. The lowest BCUT2D eigenvalue weighted by molar-refractivity contribution is -0.137. The third-order valence-corrected chi connectivity index (χ3v) is 5.74. The summed E-state index contributed by atoms with van der Waals surface area (Å²) in [6.07, 6.45) is -2.64. The summed E-state index contributed by atoms with van der Waals surface area (Å²) < 4.78 is 46.2. The molecule has 0 radical (unpaired) electrons. The Hall–Kier alpha value is -3.33. The number of ether oxygens (including phenoxy) is 1. The van der Waals surface area contributed by atoms with Crippen molar-refractivity contribution in [2.45, 2.75) is 33.3 Å². The van der Waals surface area contributed by atoms with Crippen molar-refractivity contribution in [2.24, 2.45) is 0 Å². The van der Waals surface area contributed by atoms with Gasteiger partial charge in [-0.25, -0.2) is 4.68 Å². The van der Waals surface area contributed by atoms with Crippen molar-refractivity contribution in [2.75, 3.05) is 26.2 Å². The van der Waals surface area contributed by atoms with Crippen LogP contribution in [-0.4, -0.2) is 51.7 Å². The zero-order chi connectivity index (χ0) is 24.3. The predicted molar refractivity (Wildman–Crippen MR) is 121 cm³/mol. The highest BCUT2D eigenvalue weighted by Gasteiger charge is 2.30. The van der Waals surface area contributed by atoms with Gasteiger partial charge in [0.15, 0.2) is 12.4 Å². The minimum atomic E-state index is -4.35. The summed E-state index contributed by atoms with van der Waals surface area (Å²) in [6, 6.07) is 13.0. The zero-order valence-corrected chi connectivity index (χ0v) is 19.2. The molecule has 34 heavy (non-hydrogen) atoms. The van der Waals surface area contributed by atoms with Crippen molar-refractivity contribution in [1.29, 1.82) is 0 Å². The third-order valence-electron chi connectivity index (χ3n) is 5.74. The third kappa shape index (κ3) is 5.96. The van der Waals surface area contributed by atoms with Crippen LogP contribution in [0.15, 0.2) is 54.7 Å². The molecule has 0 bridgehead atoms. The normalized spacial score (nSPS) is 14.9. The number of hydrogen-bond donors (Lipinski definition) is 0. The Balaban J connectivity index is 1.29. The molecule has 1 aliphatic heterocycles. The first kappa shape index (κ1) is 23.8. The molecule has 3 aromatic rings. The Morgan fingerprint density at radius 1 is 1.00 bits per heavy atom. The van der Waals surface area contributed by atoms with Crippen LogP contribution in [0.4, 0.5) is 13.2 Å². The van der Waals surface area contributed by atoms with Gasteiger partial charge in [0.1, 0.15) is 5.75 Å². The molecule has 1 aromatic heterocycles. The number of hydrogen-bond acceptors (Lipinski definition) is 4. The molecule has 2 aromatic carbocycles. The van der Waals surface area contributed by atoms with Gasteiger partial charge in [0.05, 0.1) is 5.56 Å². The van der Waals surface area contributed by atoms with Gasteiger partial charge >= 0.3 is 6.18 Å².